The first-order valence-corrected chi connectivity index (χ1v) is 6.02. The predicted octanol–water partition coefficient (Wildman–Crippen LogP) is 3.67. The summed E-state index contributed by atoms with van der Waals surface area (Å²) in [5, 5.41) is 29.1. The molecule has 0 unspecified atom stereocenters. The van der Waals surface area contributed by atoms with Gasteiger partial charge in [0.2, 0.25) is 0 Å². The van der Waals surface area contributed by atoms with Crippen molar-refractivity contribution in [1.29, 1.82) is 10.5 Å². The van der Waals surface area contributed by atoms with Crippen molar-refractivity contribution in [1.82, 2.24) is 0 Å². The molecule has 0 saturated heterocycles. The summed E-state index contributed by atoms with van der Waals surface area (Å²) in [6.45, 7) is 0. The Labute approximate surface area is 121 Å². The van der Waals surface area contributed by atoms with Gasteiger partial charge in [-0.05, 0) is 17.7 Å². The average molecular weight is 275 g/mol. The SMILES string of the molecule is N#CC=Cc1cccc(-c2ccccc2[N+](=O)[O-])c1C#N. The summed E-state index contributed by atoms with van der Waals surface area (Å²) in [4.78, 5) is 10.6. The summed E-state index contributed by atoms with van der Waals surface area (Å²) in [6, 6.07) is 15.2. The van der Waals surface area contributed by atoms with Crippen LogP contribution in [0.2, 0.25) is 0 Å². The molecule has 0 heterocycles. The quantitative estimate of drug-likeness (QED) is 0.485. The lowest BCUT2D eigenvalue weighted by atomic mass is 9.95. The summed E-state index contributed by atoms with van der Waals surface area (Å²) < 4.78 is 0. The number of nitrogens with zero attached hydrogens (tertiary/aromatic N) is 3. The van der Waals surface area contributed by atoms with E-state index in [2.05, 4.69) is 6.07 Å². The molecule has 2 rings (SSSR count). The second-order valence-corrected chi connectivity index (χ2v) is 4.12. The first-order chi connectivity index (χ1) is 10.2. The third-order valence-corrected chi connectivity index (χ3v) is 2.94. The van der Waals surface area contributed by atoms with Crippen molar-refractivity contribution in [3.05, 3.63) is 69.8 Å². The topological polar surface area (TPSA) is 90.7 Å². The lowest BCUT2D eigenvalue weighted by Gasteiger charge is -2.07. The van der Waals surface area contributed by atoms with Gasteiger partial charge < -0.3 is 0 Å². The number of nitro groups is 1. The zero-order chi connectivity index (χ0) is 15.2. The molecule has 2 aromatic rings. The highest BCUT2D eigenvalue weighted by molar-refractivity contribution is 5.81. The van der Waals surface area contributed by atoms with E-state index in [0.717, 1.165) is 0 Å². The third-order valence-electron chi connectivity index (χ3n) is 2.94. The number of para-hydroxylation sites is 1. The van der Waals surface area contributed by atoms with E-state index in [9.17, 15) is 15.4 Å². The lowest BCUT2D eigenvalue weighted by molar-refractivity contribution is -0.384. The van der Waals surface area contributed by atoms with Crippen LogP contribution in [-0.4, -0.2) is 4.92 Å². The molecule has 5 heteroatoms. The second kappa shape index (κ2) is 6.14. The van der Waals surface area contributed by atoms with Gasteiger partial charge in [0.25, 0.3) is 5.69 Å². The van der Waals surface area contributed by atoms with Crippen LogP contribution in [0.25, 0.3) is 17.2 Å². The van der Waals surface area contributed by atoms with Crippen molar-refractivity contribution in [3.63, 3.8) is 0 Å². The Morgan fingerprint density at radius 3 is 2.43 bits per heavy atom. The van der Waals surface area contributed by atoms with Gasteiger partial charge in [0, 0.05) is 17.7 Å². The van der Waals surface area contributed by atoms with Crippen LogP contribution in [0.1, 0.15) is 11.1 Å². The number of hydrogen-bond donors (Lipinski definition) is 0. The maximum Gasteiger partial charge on any atom is 0.277 e. The second-order valence-electron chi connectivity index (χ2n) is 4.12. The van der Waals surface area contributed by atoms with Crippen LogP contribution in [0.15, 0.2) is 48.5 Å². The Kier molecular flexibility index (Phi) is 4.09. The Hall–Kier alpha value is -3.44. The molecular weight excluding hydrogens is 266 g/mol. The Morgan fingerprint density at radius 1 is 1.05 bits per heavy atom. The molecule has 0 saturated carbocycles. The fraction of sp³-hybridized carbons (Fsp3) is 0. The number of rotatable bonds is 3. The normalized spacial score (nSPS) is 10.0. The summed E-state index contributed by atoms with van der Waals surface area (Å²) in [7, 11) is 0. The van der Waals surface area contributed by atoms with Crippen LogP contribution in [0.3, 0.4) is 0 Å². The molecule has 0 spiro atoms. The number of allylic oxidation sites excluding steroid dienone is 1. The van der Waals surface area contributed by atoms with Gasteiger partial charge in [-0.1, -0.05) is 30.3 Å². The highest BCUT2D eigenvalue weighted by Gasteiger charge is 2.17. The van der Waals surface area contributed by atoms with Crippen LogP contribution in [0.5, 0.6) is 0 Å². The summed E-state index contributed by atoms with van der Waals surface area (Å²) in [5.74, 6) is 0. The molecule has 0 aromatic heterocycles. The smallest absolute Gasteiger partial charge is 0.258 e. The van der Waals surface area contributed by atoms with E-state index in [1.54, 1.807) is 36.4 Å². The molecule has 0 radical (unpaired) electrons. The maximum atomic E-state index is 11.1. The standard InChI is InChI=1S/C16H9N3O2/c17-10-4-6-12-5-3-8-13(15(12)11-18)14-7-1-2-9-16(14)19(20)21/h1-9H. The van der Waals surface area contributed by atoms with E-state index in [0.29, 0.717) is 22.3 Å². The zero-order valence-electron chi connectivity index (χ0n) is 10.9. The third kappa shape index (κ3) is 2.78. The molecule has 0 aliphatic heterocycles. The predicted molar refractivity (Wildman–Crippen MR) is 77.9 cm³/mol. The van der Waals surface area contributed by atoms with Gasteiger partial charge in [-0.25, -0.2) is 0 Å². The zero-order valence-corrected chi connectivity index (χ0v) is 10.9. The maximum absolute atomic E-state index is 11.1. The van der Waals surface area contributed by atoms with E-state index in [-0.39, 0.29) is 5.69 Å². The van der Waals surface area contributed by atoms with Gasteiger partial charge in [-0.3, -0.25) is 10.1 Å². The molecule has 0 aliphatic carbocycles. The van der Waals surface area contributed by atoms with Crippen LogP contribution in [-0.2, 0) is 0 Å². The van der Waals surface area contributed by atoms with E-state index >= 15 is 0 Å². The summed E-state index contributed by atoms with van der Waals surface area (Å²) in [6.07, 6.45) is 2.77. The highest BCUT2D eigenvalue weighted by Crippen LogP contribution is 2.33. The summed E-state index contributed by atoms with van der Waals surface area (Å²) >= 11 is 0. The van der Waals surface area contributed by atoms with Gasteiger partial charge in [-0.2, -0.15) is 10.5 Å². The van der Waals surface area contributed by atoms with Gasteiger partial charge in [0.15, 0.2) is 0 Å². The molecule has 0 aliphatic rings. The molecule has 21 heavy (non-hydrogen) atoms. The van der Waals surface area contributed by atoms with Crippen molar-refractivity contribution in [2.75, 3.05) is 0 Å². The molecule has 0 N–H and O–H groups in total. The molecule has 5 nitrogen and oxygen atoms in total. The molecular formula is C16H9N3O2. The number of hydrogen-bond acceptors (Lipinski definition) is 4. The minimum Gasteiger partial charge on any atom is -0.258 e. The number of nitro benzene ring substituents is 1. The highest BCUT2D eigenvalue weighted by atomic mass is 16.6. The van der Waals surface area contributed by atoms with Crippen molar-refractivity contribution >= 4 is 11.8 Å². The molecule has 0 amide bonds. The van der Waals surface area contributed by atoms with Crippen LogP contribution in [0.4, 0.5) is 5.69 Å². The van der Waals surface area contributed by atoms with Crippen LogP contribution in [0, 0.1) is 32.8 Å². The lowest BCUT2D eigenvalue weighted by Crippen LogP contribution is -1.94. The first kappa shape index (κ1) is 14.0. The molecule has 0 bridgehead atoms. The Morgan fingerprint density at radius 2 is 1.76 bits per heavy atom. The van der Waals surface area contributed by atoms with Gasteiger partial charge >= 0.3 is 0 Å². The Balaban J connectivity index is 2.72. The van der Waals surface area contributed by atoms with Gasteiger partial charge in [0.1, 0.15) is 6.07 Å². The fourth-order valence-corrected chi connectivity index (χ4v) is 2.05. The Bertz CT molecular complexity index is 811. The average Bonchev–Trinajstić information content (AvgIpc) is 2.52. The van der Waals surface area contributed by atoms with Gasteiger partial charge in [-0.15, -0.1) is 0 Å². The van der Waals surface area contributed by atoms with E-state index in [1.165, 1.54) is 18.2 Å². The van der Waals surface area contributed by atoms with Crippen molar-refractivity contribution in [2.45, 2.75) is 0 Å². The van der Waals surface area contributed by atoms with E-state index < -0.39 is 4.92 Å². The number of nitriles is 2. The van der Waals surface area contributed by atoms with Crippen LogP contribution >= 0.6 is 0 Å². The van der Waals surface area contributed by atoms with Crippen molar-refractivity contribution in [2.24, 2.45) is 0 Å². The first-order valence-electron chi connectivity index (χ1n) is 6.02. The molecule has 0 fully saturated rings. The molecule has 100 valence electrons. The summed E-state index contributed by atoms with van der Waals surface area (Å²) in [5.41, 5.74) is 1.65. The number of benzene rings is 2. The minimum absolute atomic E-state index is 0.0598. The largest absolute Gasteiger partial charge is 0.277 e. The molecule has 0 atom stereocenters. The minimum atomic E-state index is -0.478. The monoisotopic (exact) mass is 275 g/mol. The van der Waals surface area contributed by atoms with Crippen molar-refractivity contribution in [3.8, 4) is 23.3 Å². The van der Waals surface area contributed by atoms with Gasteiger partial charge in [0.05, 0.1) is 22.1 Å². The van der Waals surface area contributed by atoms with E-state index in [4.69, 9.17) is 5.26 Å². The van der Waals surface area contributed by atoms with Crippen molar-refractivity contribution < 1.29 is 4.92 Å². The fourth-order valence-electron chi connectivity index (χ4n) is 2.05. The molecule has 2 aromatic carbocycles. The van der Waals surface area contributed by atoms with Crippen LogP contribution < -0.4 is 0 Å². The van der Waals surface area contributed by atoms with E-state index in [1.807, 2.05) is 6.07 Å².